The number of carbonyl (C=O) groups is 1. The van der Waals surface area contributed by atoms with E-state index in [1.807, 2.05) is 48.5 Å². The zero-order chi connectivity index (χ0) is 28.1. The Morgan fingerprint density at radius 3 is 1.71 bits per heavy atom. The minimum Gasteiger partial charge on any atom is -0.495 e. The van der Waals surface area contributed by atoms with Gasteiger partial charge in [-0.15, -0.1) is 5.20 Å². The molecule has 10 heteroatoms. The molecule has 7 nitrogen and oxygen atoms in total. The van der Waals surface area contributed by atoms with E-state index in [0.717, 1.165) is 11.1 Å². The van der Waals surface area contributed by atoms with Gasteiger partial charge in [-0.2, -0.15) is 0 Å². The van der Waals surface area contributed by atoms with Crippen LogP contribution in [0.15, 0.2) is 66.7 Å². The van der Waals surface area contributed by atoms with Crippen molar-refractivity contribution in [2.75, 3.05) is 12.4 Å². The van der Waals surface area contributed by atoms with Crippen molar-refractivity contribution in [1.82, 2.24) is 10.6 Å². The Labute approximate surface area is 235 Å². The third kappa shape index (κ3) is 8.11. The van der Waals surface area contributed by atoms with Gasteiger partial charge >= 0.3 is 12.7 Å². The molecule has 3 aromatic rings. The van der Waals surface area contributed by atoms with Gasteiger partial charge in [0.2, 0.25) is 0 Å². The van der Waals surface area contributed by atoms with Crippen LogP contribution in [-0.4, -0.2) is 13.1 Å². The maximum atomic E-state index is 12.8. The highest BCUT2D eigenvalue weighted by Gasteiger charge is 2.25. The quantitative estimate of drug-likeness (QED) is 0.187. The summed E-state index contributed by atoms with van der Waals surface area (Å²) >= 11 is 12.0. The predicted molar refractivity (Wildman–Crippen MR) is 159 cm³/mol. The fourth-order valence-electron chi connectivity index (χ4n) is 3.43. The summed E-state index contributed by atoms with van der Waals surface area (Å²) in [6, 6.07) is 19.7. The molecule has 0 bridgehead atoms. The monoisotopic (exact) mass is 575 g/mol. The van der Waals surface area contributed by atoms with Crippen LogP contribution >= 0.6 is 18.2 Å². The lowest BCUT2D eigenvalue weighted by molar-refractivity contribution is 0.250. The van der Waals surface area contributed by atoms with E-state index >= 15 is 0 Å². The molecule has 0 aliphatic carbocycles. The first-order valence-electron chi connectivity index (χ1n) is 12.1. The lowest BCUT2D eigenvalue weighted by Gasteiger charge is -2.26. The van der Waals surface area contributed by atoms with Gasteiger partial charge in [0.1, 0.15) is 22.9 Å². The molecule has 0 atom stereocenters. The molecule has 0 spiro atoms. The molecule has 3 aromatic carbocycles. The standard InChI is InChI=1S/C28H35ClN3O4PS/c1-27(2,3)19-11-15-21(16-12-19)35-37(38,36-22-17-13-20(14-18-22)28(4,5)6)32-31-26(33)30-25-23(29)9-8-10-24(25)34-7/h8-18H,1-7H3,(H,32,38)(H2,30,31,33). The van der Waals surface area contributed by atoms with E-state index < -0.39 is 12.7 Å². The Balaban J connectivity index is 1.81. The molecule has 3 rings (SSSR count). The zero-order valence-electron chi connectivity index (χ0n) is 22.7. The molecule has 0 radical (unpaired) electrons. The minimum absolute atomic E-state index is 0.0122. The van der Waals surface area contributed by atoms with Crippen LogP contribution in [0.25, 0.3) is 0 Å². The lowest BCUT2D eigenvalue weighted by Crippen LogP contribution is -2.40. The number of para-hydroxylation sites is 1. The van der Waals surface area contributed by atoms with Crippen molar-refractivity contribution >= 4 is 41.8 Å². The number of nitrogens with one attached hydrogen (secondary N) is 3. The molecule has 0 aliphatic heterocycles. The molecule has 0 aliphatic rings. The summed E-state index contributed by atoms with van der Waals surface area (Å²) in [5, 5.41) is 5.79. The summed E-state index contributed by atoms with van der Waals surface area (Å²) in [6.45, 7) is 9.49. The summed E-state index contributed by atoms with van der Waals surface area (Å²) in [5.41, 5.74) is 5.14. The Morgan fingerprint density at radius 1 is 0.816 bits per heavy atom. The van der Waals surface area contributed by atoms with Gasteiger partial charge in [-0.05, 0) is 58.4 Å². The second-order valence-corrected chi connectivity index (χ2v) is 14.2. The van der Waals surface area contributed by atoms with Crippen LogP contribution in [0.1, 0.15) is 52.7 Å². The molecule has 3 N–H and O–H groups in total. The molecule has 0 saturated carbocycles. The highest BCUT2D eigenvalue weighted by atomic mass is 35.5. The Bertz CT molecular complexity index is 1240. The number of urea groups is 1. The van der Waals surface area contributed by atoms with Crippen molar-refractivity contribution in [3.05, 3.63) is 82.9 Å². The SMILES string of the molecule is COc1cccc(Cl)c1NC(=O)NNP(=S)(Oc1ccc(C(C)(C)C)cc1)Oc1ccc(C(C)(C)C)cc1. The van der Waals surface area contributed by atoms with Crippen molar-refractivity contribution < 1.29 is 18.6 Å². The molecule has 38 heavy (non-hydrogen) atoms. The molecular weight excluding hydrogens is 541 g/mol. The van der Waals surface area contributed by atoms with E-state index in [-0.39, 0.29) is 10.8 Å². The van der Waals surface area contributed by atoms with Crippen LogP contribution < -0.4 is 29.7 Å². The topological polar surface area (TPSA) is 80.9 Å². The summed E-state index contributed by atoms with van der Waals surface area (Å²) in [4.78, 5) is 12.8. The van der Waals surface area contributed by atoms with Gasteiger partial charge in [0, 0.05) is 11.8 Å². The Kier molecular flexibility index (Phi) is 9.37. The Morgan fingerprint density at radius 2 is 1.29 bits per heavy atom. The predicted octanol–water partition coefficient (Wildman–Crippen LogP) is 7.95. The number of carbonyl (C=O) groups excluding carboxylic acids is 1. The van der Waals surface area contributed by atoms with Crippen molar-refractivity contribution in [2.45, 2.75) is 52.4 Å². The number of ether oxygens (including phenoxy) is 1. The fourth-order valence-corrected chi connectivity index (χ4v) is 5.47. The molecule has 0 saturated heterocycles. The first-order chi connectivity index (χ1) is 17.7. The number of anilines is 1. The number of rotatable bonds is 8. The van der Waals surface area contributed by atoms with E-state index in [0.29, 0.717) is 28.0 Å². The first kappa shape index (κ1) is 29.8. The third-order valence-corrected chi connectivity index (χ3v) is 7.96. The van der Waals surface area contributed by atoms with Gasteiger partial charge < -0.3 is 19.1 Å². The lowest BCUT2D eigenvalue weighted by atomic mass is 9.87. The molecule has 0 fully saturated rings. The van der Waals surface area contributed by atoms with Gasteiger partial charge in [0.25, 0.3) is 0 Å². The Hall–Kier alpha value is -2.77. The van der Waals surface area contributed by atoms with Gasteiger partial charge in [0.05, 0.1) is 12.1 Å². The number of hydrogen-bond donors (Lipinski definition) is 3. The number of amides is 2. The van der Waals surface area contributed by atoms with Crippen LogP contribution in [0.3, 0.4) is 0 Å². The van der Waals surface area contributed by atoms with Crippen molar-refractivity contribution in [2.24, 2.45) is 0 Å². The summed E-state index contributed by atoms with van der Waals surface area (Å²) in [6.07, 6.45) is 0. The fraction of sp³-hybridized carbons (Fsp3) is 0.321. The molecule has 0 aromatic heterocycles. The van der Waals surface area contributed by atoms with Gasteiger partial charge in [-0.3, -0.25) is 5.43 Å². The van der Waals surface area contributed by atoms with Gasteiger partial charge in [-0.1, -0.05) is 83.5 Å². The molecule has 204 valence electrons. The third-order valence-electron chi connectivity index (χ3n) is 5.63. The largest absolute Gasteiger partial charge is 0.495 e. The summed E-state index contributed by atoms with van der Waals surface area (Å²) < 4.78 is 17.6. The van der Waals surface area contributed by atoms with E-state index in [9.17, 15) is 4.79 Å². The summed E-state index contributed by atoms with van der Waals surface area (Å²) in [5.74, 6) is 1.43. The van der Waals surface area contributed by atoms with E-state index in [2.05, 4.69) is 57.5 Å². The summed E-state index contributed by atoms with van der Waals surface area (Å²) in [7, 11) is 1.49. The van der Waals surface area contributed by atoms with E-state index in [1.165, 1.54) is 7.11 Å². The average Bonchev–Trinajstić information content (AvgIpc) is 2.83. The maximum absolute atomic E-state index is 12.8. The second-order valence-electron chi connectivity index (χ2n) is 10.7. The molecule has 0 heterocycles. The highest BCUT2D eigenvalue weighted by molar-refractivity contribution is 8.09. The molecular formula is C28H35ClN3O4PS. The minimum atomic E-state index is -3.32. The number of hydrogen-bond acceptors (Lipinski definition) is 5. The van der Waals surface area contributed by atoms with Gasteiger partial charge in [-0.25, -0.2) is 4.79 Å². The van der Waals surface area contributed by atoms with Crippen LogP contribution in [0.5, 0.6) is 17.2 Å². The van der Waals surface area contributed by atoms with Crippen molar-refractivity contribution in [1.29, 1.82) is 0 Å². The number of halogens is 1. The van der Waals surface area contributed by atoms with Crippen LogP contribution in [0.4, 0.5) is 10.5 Å². The normalized spacial score (nSPS) is 12.0. The first-order valence-corrected chi connectivity index (χ1v) is 15.1. The van der Waals surface area contributed by atoms with E-state index in [1.54, 1.807) is 18.2 Å². The zero-order valence-corrected chi connectivity index (χ0v) is 25.2. The molecule has 2 amide bonds. The number of benzene rings is 3. The maximum Gasteiger partial charge on any atom is 0.383 e. The van der Waals surface area contributed by atoms with E-state index in [4.69, 9.17) is 37.2 Å². The smallest absolute Gasteiger partial charge is 0.383 e. The second kappa shape index (κ2) is 12.0. The van der Waals surface area contributed by atoms with Crippen molar-refractivity contribution in [3.63, 3.8) is 0 Å². The average molecular weight is 576 g/mol. The highest BCUT2D eigenvalue weighted by Crippen LogP contribution is 2.45. The van der Waals surface area contributed by atoms with Gasteiger partial charge in [0.15, 0.2) is 0 Å². The number of methoxy groups -OCH3 is 1. The molecule has 0 unspecified atom stereocenters. The van der Waals surface area contributed by atoms with Crippen LogP contribution in [-0.2, 0) is 22.6 Å². The number of hydrazine groups is 1. The van der Waals surface area contributed by atoms with Crippen LogP contribution in [0.2, 0.25) is 5.02 Å². The van der Waals surface area contributed by atoms with Crippen LogP contribution in [0, 0.1) is 0 Å². The van der Waals surface area contributed by atoms with Crippen molar-refractivity contribution in [3.8, 4) is 17.2 Å².